The van der Waals surface area contributed by atoms with E-state index in [9.17, 15) is 4.79 Å². The highest BCUT2D eigenvalue weighted by Crippen LogP contribution is 2.21. The van der Waals surface area contributed by atoms with Gasteiger partial charge in [-0.05, 0) is 49.9 Å². The molecule has 3 N–H and O–H groups in total. The predicted molar refractivity (Wildman–Crippen MR) is 96.5 cm³/mol. The van der Waals surface area contributed by atoms with E-state index >= 15 is 0 Å². The number of nitrogens with one attached hydrogen (secondary N) is 3. The summed E-state index contributed by atoms with van der Waals surface area (Å²) in [5, 5.41) is 17.2. The van der Waals surface area contributed by atoms with Gasteiger partial charge >= 0.3 is 6.03 Å². The summed E-state index contributed by atoms with van der Waals surface area (Å²) in [6, 6.07) is 7.64. The standard InChI is InChI=1S/C18H25N5O2/c1-11(2)10-16-22-23-17(25-16)12(3)19-13-4-6-14(7-5-13)20-18(24)21-15-8-9-15/h4-7,11-12,15,19H,8-10H2,1-3H3,(H2,20,21,24)/t12-/m0/s1. The van der Waals surface area contributed by atoms with Crippen molar-refractivity contribution >= 4 is 17.4 Å². The number of hydrogen-bond donors (Lipinski definition) is 3. The first-order chi connectivity index (χ1) is 12.0. The summed E-state index contributed by atoms with van der Waals surface area (Å²) in [4.78, 5) is 11.7. The van der Waals surface area contributed by atoms with Gasteiger partial charge in [0.15, 0.2) is 0 Å². The van der Waals surface area contributed by atoms with Crippen LogP contribution in [0.25, 0.3) is 0 Å². The number of carbonyl (C=O) groups excluding carboxylic acids is 1. The lowest BCUT2D eigenvalue weighted by Crippen LogP contribution is -2.30. The van der Waals surface area contributed by atoms with Crippen molar-refractivity contribution in [2.24, 2.45) is 5.92 Å². The molecule has 0 bridgehead atoms. The lowest BCUT2D eigenvalue weighted by molar-refractivity contribution is 0.251. The van der Waals surface area contributed by atoms with Crippen molar-refractivity contribution in [2.45, 2.75) is 52.1 Å². The molecular weight excluding hydrogens is 318 g/mol. The molecule has 134 valence electrons. The van der Waals surface area contributed by atoms with Crippen molar-refractivity contribution in [1.29, 1.82) is 0 Å². The number of carbonyl (C=O) groups is 1. The topological polar surface area (TPSA) is 92.1 Å². The fourth-order valence-corrected chi connectivity index (χ4v) is 2.42. The molecule has 1 aromatic carbocycles. The highest BCUT2D eigenvalue weighted by atomic mass is 16.4. The third-order valence-corrected chi connectivity index (χ3v) is 3.87. The van der Waals surface area contributed by atoms with Gasteiger partial charge in [0.25, 0.3) is 0 Å². The Morgan fingerprint density at radius 3 is 2.48 bits per heavy atom. The highest BCUT2D eigenvalue weighted by Gasteiger charge is 2.23. The Morgan fingerprint density at radius 1 is 1.16 bits per heavy atom. The quantitative estimate of drug-likeness (QED) is 0.712. The van der Waals surface area contributed by atoms with Crippen LogP contribution in [0.5, 0.6) is 0 Å². The number of rotatable bonds is 7. The van der Waals surface area contributed by atoms with E-state index in [1.54, 1.807) is 0 Å². The Labute approximate surface area is 147 Å². The van der Waals surface area contributed by atoms with Crippen molar-refractivity contribution in [1.82, 2.24) is 15.5 Å². The van der Waals surface area contributed by atoms with E-state index in [2.05, 4.69) is 40.0 Å². The first kappa shape index (κ1) is 17.3. The zero-order valence-corrected chi connectivity index (χ0v) is 14.9. The smallest absolute Gasteiger partial charge is 0.319 e. The third-order valence-electron chi connectivity index (χ3n) is 3.87. The largest absolute Gasteiger partial charge is 0.423 e. The first-order valence-electron chi connectivity index (χ1n) is 8.76. The highest BCUT2D eigenvalue weighted by molar-refractivity contribution is 5.89. The summed E-state index contributed by atoms with van der Waals surface area (Å²) in [7, 11) is 0. The van der Waals surface area contributed by atoms with Crippen LogP contribution in [0.3, 0.4) is 0 Å². The molecular formula is C18H25N5O2. The van der Waals surface area contributed by atoms with Gasteiger partial charge < -0.3 is 20.4 Å². The van der Waals surface area contributed by atoms with E-state index in [0.29, 0.717) is 23.7 Å². The second-order valence-corrected chi connectivity index (χ2v) is 6.95. The molecule has 0 aliphatic heterocycles. The predicted octanol–water partition coefficient (Wildman–Crippen LogP) is 3.73. The molecule has 1 aliphatic rings. The average Bonchev–Trinajstić information content (AvgIpc) is 3.24. The molecule has 2 amide bonds. The summed E-state index contributed by atoms with van der Waals surface area (Å²) in [5.74, 6) is 1.72. The molecule has 0 saturated heterocycles. The maximum Gasteiger partial charge on any atom is 0.319 e. The fourth-order valence-electron chi connectivity index (χ4n) is 2.42. The first-order valence-corrected chi connectivity index (χ1v) is 8.76. The van der Waals surface area contributed by atoms with Crippen molar-refractivity contribution in [3.63, 3.8) is 0 Å². The van der Waals surface area contributed by atoms with Crippen LogP contribution < -0.4 is 16.0 Å². The Bertz CT molecular complexity index is 707. The summed E-state index contributed by atoms with van der Waals surface area (Å²) in [6.45, 7) is 6.21. The van der Waals surface area contributed by atoms with E-state index in [1.165, 1.54) is 0 Å². The molecule has 25 heavy (non-hydrogen) atoms. The van der Waals surface area contributed by atoms with Crippen LogP contribution in [0, 0.1) is 5.92 Å². The zero-order chi connectivity index (χ0) is 17.8. The Morgan fingerprint density at radius 2 is 1.84 bits per heavy atom. The zero-order valence-electron chi connectivity index (χ0n) is 14.9. The molecule has 7 nitrogen and oxygen atoms in total. The van der Waals surface area contributed by atoms with E-state index < -0.39 is 0 Å². The van der Waals surface area contributed by atoms with Gasteiger partial charge in [-0.3, -0.25) is 0 Å². The third kappa shape index (κ3) is 5.20. The van der Waals surface area contributed by atoms with Gasteiger partial charge in [0.1, 0.15) is 6.04 Å². The molecule has 3 rings (SSSR count). The monoisotopic (exact) mass is 343 g/mol. The van der Waals surface area contributed by atoms with Gasteiger partial charge in [-0.25, -0.2) is 4.79 Å². The minimum absolute atomic E-state index is 0.0922. The van der Waals surface area contributed by atoms with Crippen LogP contribution in [0.4, 0.5) is 16.2 Å². The van der Waals surface area contributed by atoms with Gasteiger partial charge in [0.05, 0.1) is 0 Å². The molecule has 0 unspecified atom stereocenters. The average molecular weight is 343 g/mol. The number of benzene rings is 1. The van der Waals surface area contributed by atoms with Crippen molar-refractivity contribution in [3.8, 4) is 0 Å². The number of nitrogens with zero attached hydrogens (tertiary/aromatic N) is 2. The molecule has 7 heteroatoms. The summed E-state index contributed by atoms with van der Waals surface area (Å²) < 4.78 is 5.70. The van der Waals surface area contributed by atoms with E-state index in [0.717, 1.165) is 30.6 Å². The van der Waals surface area contributed by atoms with Gasteiger partial charge in [-0.1, -0.05) is 13.8 Å². The molecule has 1 fully saturated rings. The van der Waals surface area contributed by atoms with Gasteiger partial charge in [0, 0.05) is 23.8 Å². The molecule has 1 saturated carbocycles. The maximum absolute atomic E-state index is 11.7. The van der Waals surface area contributed by atoms with Crippen LogP contribution in [0.1, 0.15) is 51.4 Å². The lowest BCUT2D eigenvalue weighted by atomic mass is 10.1. The Hall–Kier alpha value is -2.57. The number of urea groups is 1. The minimum Gasteiger partial charge on any atom is -0.423 e. The minimum atomic E-state index is -0.153. The van der Waals surface area contributed by atoms with E-state index in [1.807, 2.05) is 31.2 Å². The Balaban J connectivity index is 1.53. The van der Waals surface area contributed by atoms with Crippen LogP contribution in [-0.4, -0.2) is 22.3 Å². The van der Waals surface area contributed by atoms with E-state index in [-0.39, 0.29) is 12.1 Å². The summed E-state index contributed by atoms with van der Waals surface area (Å²) in [5.41, 5.74) is 1.68. The summed E-state index contributed by atoms with van der Waals surface area (Å²) >= 11 is 0. The number of anilines is 2. The fraction of sp³-hybridized carbons (Fsp3) is 0.500. The molecule has 1 aromatic heterocycles. The van der Waals surface area contributed by atoms with Gasteiger partial charge in [-0.15, -0.1) is 10.2 Å². The number of hydrogen-bond acceptors (Lipinski definition) is 5. The number of aromatic nitrogens is 2. The molecule has 1 heterocycles. The SMILES string of the molecule is CC(C)Cc1nnc([C@H](C)Nc2ccc(NC(=O)NC3CC3)cc2)o1. The summed E-state index contributed by atoms with van der Waals surface area (Å²) in [6.07, 6.45) is 2.93. The lowest BCUT2D eigenvalue weighted by Gasteiger charge is -2.12. The molecule has 0 spiro atoms. The van der Waals surface area contributed by atoms with Crippen LogP contribution in [-0.2, 0) is 6.42 Å². The molecule has 0 radical (unpaired) electrons. The van der Waals surface area contributed by atoms with Gasteiger partial charge in [-0.2, -0.15) is 0 Å². The molecule has 1 aliphatic carbocycles. The van der Waals surface area contributed by atoms with Crippen molar-refractivity contribution < 1.29 is 9.21 Å². The molecule has 1 atom stereocenters. The normalized spacial score (nSPS) is 15.0. The van der Waals surface area contributed by atoms with Crippen molar-refractivity contribution in [2.75, 3.05) is 10.6 Å². The second kappa shape index (κ2) is 7.55. The Kier molecular flexibility index (Phi) is 5.21. The van der Waals surface area contributed by atoms with Gasteiger partial charge in [0.2, 0.25) is 11.8 Å². The van der Waals surface area contributed by atoms with Crippen LogP contribution in [0.2, 0.25) is 0 Å². The maximum atomic E-state index is 11.7. The van der Waals surface area contributed by atoms with Crippen molar-refractivity contribution in [3.05, 3.63) is 36.0 Å². The van der Waals surface area contributed by atoms with Crippen LogP contribution in [0.15, 0.2) is 28.7 Å². The van der Waals surface area contributed by atoms with E-state index in [4.69, 9.17) is 4.42 Å². The number of amides is 2. The molecule has 2 aromatic rings. The van der Waals surface area contributed by atoms with Crippen LogP contribution >= 0.6 is 0 Å². The second-order valence-electron chi connectivity index (χ2n) is 6.95.